The Hall–Kier alpha value is -2.74. The number of amides is 2. The average Bonchev–Trinajstić information content (AvgIpc) is 3.36. The van der Waals surface area contributed by atoms with Crippen molar-refractivity contribution in [1.82, 2.24) is 10.2 Å². The first-order chi connectivity index (χ1) is 14.9. The molecule has 3 aromatic rings. The summed E-state index contributed by atoms with van der Waals surface area (Å²) in [5.74, 6) is -0.413. The molecule has 0 radical (unpaired) electrons. The third kappa shape index (κ3) is 4.95. The number of benzene rings is 2. The molecule has 9 heteroatoms. The summed E-state index contributed by atoms with van der Waals surface area (Å²) in [7, 11) is 0. The van der Waals surface area contributed by atoms with Crippen LogP contribution in [0.4, 0.5) is 10.8 Å². The minimum Gasteiger partial charge on any atom is -0.312 e. The Morgan fingerprint density at radius 2 is 2.00 bits per heavy atom. The minimum absolute atomic E-state index is 0.00776. The van der Waals surface area contributed by atoms with E-state index in [4.69, 9.17) is 23.2 Å². The summed E-state index contributed by atoms with van der Waals surface area (Å²) < 4.78 is 0. The van der Waals surface area contributed by atoms with Crippen molar-refractivity contribution in [3.8, 4) is 0 Å². The van der Waals surface area contributed by atoms with Gasteiger partial charge in [0.15, 0.2) is 0 Å². The van der Waals surface area contributed by atoms with Gasteiger partial charge in [0.2, 0.25) is 16.9 Å². The van der Waals surface area contributed by atoms with Crippen molar-refractivity contribution >= 4 is 63.2 Å². The van der Waals surface area contributed by atoms with Gasteiger partial charge in [-0.3, -0.25) is 14.9 Å². The molecule has 2 amide bonds. The lowest BCUT2D eigenvalue weighted by Crippen LogP contribution is -2.24. The zero-order valence-electron chi connectivity index (χ0n) is 16.5. The fourth-order valence-corrected chi connectivity index (χ4v) is 4.46. The average molecular weight is 473 g/mol. The quantitative estimate of drug-likeness (QED) is 0.509. The third-order valence-electron chi connectivity index (χ3n) is 4.93. The maximum Gasteiger partial charge on any atom is 0.250 e. The third-order valence-corrected chi connectivity index (χ3v) is 6.68. The summed E-state index contributed by atoms with van der Waals surface area (Å²) in [6.07, 6.45) is 3.37. The highest BCUT2D eigenvalue weighted by Crippen LogP contribution is 2.35. The van der Waals surface area contributed by atoms with Crippen molar-refractivity contribution in [1.29, 1.82) is 0 Å². The predicted octanol–water partition coefficient (Wildman–Crippen LogP) is 5.33. The molecule has 1 N–H and O–H groups in total. The van der Waals surface area contributed by atoms with Crippen LogP contribution in [0.15, 0.2) is 48.5 Å². The van der Waals surface area contributed by atoms with Gasteiger partial charge in [-0.15, -0.1) is 10.2 Å². The van der Waals surface area contributed by atoms with Gasteiger partial charge in [0.1, 0.15) is 5.01 Å². The predicted molar refractivity (Wildman–Crippen MR) is 125 cm³/mol. The molecule has 1 aliphatic rings. The summed E-state index contributed by atoms with van der Waals surface area (Å²) in [5.41, 5.74) is 2.48. The summed E-state index contributed by atoms with van der Waals surface area (Å²) in [4.78, 5) is 26.4. The molecule has 1 saturated heterocycles. The molecule has 0 bridgehead atoms. The van der Waals surface area contributed by atoms with E-state index in [0.717, 1.165) is 16.8 Å². The highest BCUT2D eigenvalue weighted by Gasteiger charge is 2.34. The lowest BCUT2D eigenvalue weighted by Gasteiger charge is -2.17. The first-order valence-electron chi connectivity index (χ1n) is 9.54. The second-order valence-electron chi connectivity index (χ2n) is 7.13. The normalized spacial score (nSPS) is 16.3. The number of halogens is 2. The van der Waals surface area contributed by atoms with Gasteiger partial charge in [-0.2, -0.15) is 0 Å². The Morgan fingerprint density at radius 1 is 1.19 bits per heavy atom. The molecule has 2 aromatic carbocycles. The Morgan fingerprint density at radius 3 is 2.77 bits per heavy atom. The highest BCUT2D eigenvalue weighted by molar-refractivity contribution is 7.15. The van der Waals surface area contributed by atoms with Crippen LogP contribution in [0.25, 0.3) is 6.08 Å². The molecule has 0 aliphatic carbocycles. The first-order valence-corrected chi connectivity index (χ1v) is 11.1. The molecule has 4 rings (SSSR count). The molecule has 0 saturated carbocycles. The molecule has 31 heavy (non-hydrogen) atoms. The Labute approximate surface area is 193 Å². The first kappa shape index (κ1) is 21.5. The number of anilines is 2. The zero-order chi connectivity index (χ0) is 22.0. The number of rotatable bonds is 5. The molecule has 6 nitrogen and oxygen atoms in total. The van der Waals surface area contributed by atoms with Gasteiger partial charge >= 0.3 is 0 Å². The van der Waals surface area contributed by atoms with Gasteiger partial charge in [-0.05, 0) is 42.3 Å². The smallest absolute Gasteiger partial charge is 0.250 e. The molecule has 0 spiro atoms. The number of hydrogen-bond donors (Lipinski definition) is 1. The molecule has 1 aliphatic heterocycles. The lowest BCUT2D eigenvalue weighted by molar-refractivity contribution is -0.117. The lowest BCUT2D eigenvalue weighted by atomic mass is 10.1. The number of aryl methyl sites for hydroxylation is 1. The summed E-state index contributed by atoms with van der Waals surface area (Å²) in [6.45, 7) is 2.41. The van der Waals surface area contributed by atoms with Crippen molar-refractivity contribution in [3.05, 3.63) is 74.7 Å². The van der Waals surface area contributed by atoms with Gasteiger partial charge in [-0.25, -0.2) is 0 Å². The molecule has 2 heterocycles. The number of hydrogen-bond acceptors (Lipinski definition) is 5. The Balaban J connectivity index is 1.40. The minimum atomic E-state index is -0.332. The van der Waals surface area contributed by atoms with Gasteiger partial charge in [-0.1, -0.05) is 58.8 Å². The van der Waals surface area contributed by atoms with Crippen molar-refractivity contribution in [2.45, 2.75) is 19.3 Å². The van der Waals surface area contributed by atoms with E-state index in [9.17, 15) is 9.59 Å². The molecular formula is C22H18Cl2N4O2S. The van der Waals surface area contributed by atoms with E-state index < -0.39 is 0 Å². The highest BCUT2D eigenvalue weighted by atomic mass is 35.5. The summed E-state index contributed by atoms with van der Waals surface area (Å²) in [6, 6.07) is 12.8. The van der Waals surface area contributed by atoms with Crippen LogP contribution >= 0.6 is 34.5 Å². The number of nitrogens with one attached hydrogen (secondary N) is 1. The maximum atomic E-state index is 12.5. The fraction of sp³-hybridized carbons (Fsp3) is 0.182. The Bertz CT molecular complexity index is 1180. The molecule has 158 valence electrons. The maximum absolute atomic E-state index is 12.5. The van der Waals surface area contributed by atoms with Crippen molar-refractivity contribution < 1.29 is 9.59 Å². The zero-order valence-corrected chi connectivity index (χ0v) is 18.8. The van der Waals surface area contributed by atoms with Gasteiger partial charge < -0.3 is 4.90 Å². The summed E-state index contributed by atoms with van der Waals surface area (Å²) in [5, 5.41) is 13.2. The van der Waals surface area contributed by atoms with E-state index in [2.05, 4.69) is 15.5 Å². The number of carbonyl (C=O) groups is 2. The number of carbonyl (C=O) groups excluding carboxylic acids is 2. The molecule has 1 atom stereocenters. The second kappa shape index (κ2) is 9.18. The summed E-state index contributed by atoms with van der Waals surface area (Å²) >= 11 is 13.6. The van der Waals surface area contributed by atoms with Crippen LogP contribution in [-0.4, -0.2) is 28.6 Å². The largest absolute Gasteiger partial charge is 0.312 e. The molecule has 1 unspecified atom stereocenters. The van der Waals surface area contributed by atoms with Crippen LogP contribution < -0.4 is 10.2 Å². The van der Waals surface area contributed by atoms with E-state index in [1.54, 1.807) is 23.1 Å². The van der Waals surface area contributed by atoms with Crippen molar-refractivity contribution in [2.24, 2.45) is 0 Å². The van der Waals surface area contributed by atoms with E-state index in [1.807, 2.05) is 37.3 Å². The number of nitrogens with zero attached hydrogens (tertiary/aromatic N) is 3. The molecular weight excluding hydrogens is 455 g/mol. The molecule has 1 fully saturated rings. The number of aromatic nitrogens is 2. The van der Waals surface area contributed by atoms with Crippen molar-refractivity contribution in [3.63, 3.8) is 0 Å². The van der Waals surface area contributed by atoms with Gasteiger partial charge in [0.25, 0.3) is 0 Å². The van der Waals surface area contributed by atoms with Crippen molar-refractivity contribution in [2.75, 3.05) is 16.8 Å². The van der Waals surface area contributed by atoms with E-state index in [1.165, 1.54) is 17.4 Å². The van der Waals surface area contributed by atoms with Gasteiger partial charge in [0.05, 0.1) is 0 Å². The van der Waals surface area contributed by atoms with Crippen LogP contribution in [0, 0.1) is 6.92 Å². The van der Waals surface area contributed by atoms with Crippen LogP contribution in [-0.2, 0) is 9.59 Å². The SMILES string of the molecule is Cc1ccc(N2CC(c3nnc(NC(=O)/C=C/c4ccccc4Cl)s3)CC2=O)cc1Cl. The van der Waals surface area contributed by atoms with E-state index in [0.29, 0.717) is 33.2 Å². The monoisotopic (exact) mass is 472 g/mol. The van der Waals surface area contributed by atoms with Crippen LogP contribution in [0.5, 0.6) is 0 Å². The van der Waals surface area contributed by atoms with Gasteiger partial charge in [0, 0.05) is 40.7 Å². The standard InChI is InChI=1S/C22H18Cl2N4O2S/c1-13-6-8-16(11-18(13)24)28-12-15(10-20(28)30)21-26-27-22(31-21)25-19(29)9-7-14-4-2-3-5-17(14)23/h2-9,11,15H,10,12H2,1H3,(H,25,27,29)/b9-7+. The molecule has 1 aromatic heterocycles. The second-order valence-corrected chi connectivity index (χ2v) is 8.95. The van der Waals surface area contributed by atoms with E-state index >= 15 is 0 Å². The topological polar surface area (TPSA) is 75.2 Å². The van der Waals surface area contributed by atoms with E-state index in [-0.39, 0.29) is 17.7 Å². The van der Waals surface area contributed by atoms with Crippen LogP contribution in [0.3, 0.4) is 0 Å². The van der Waals surface area contributed by atoms with Crippen LogP contribution in [0.1, 0.15) is 28.5 Å². The fourth-order valence-electron chi connectivity index (χ4n) is 3.25. The van der Waals surface area contributed by atoms with Crippen LogP contribution in [0.2, 0.25) is 10.0 Å². The Kier molecular flexibility index (Phi) is 6.36.